The Morgan fingerprint density at radius 1 is 1.21 bits per heavy atom. The van der Waals surface area contributed by atoms with Crippen molar-refractivity contribution in [3.05, 3.63) is 52.5 Å². The van der Waals surface area contributed by atoms with Gasteiger partial charge in [0.15, 0.2) is 0 Å². The molecule has 0 atom stereocenters. The van der Waals surface area contributed by atoms with E-state index in [0.29, 0.717) is 23.3 Å². The maximum absolute atomic E-state index is 12.8. The first kappa shape index (κ1) is 21.6. The molecule has 1 aliphatic carbocycles. The second kappa shape index (κ2) is 9.17. The molecule has 0 spiro atoms. The van der Waals surface area contributed by atoms with E-state index in [2.05, 4.69) is 26.0 Å². The Hall–Kier alpha value is -2.07. The van der Waals surface area contributed by atoms with Crippen LogP contribution in [0, 0.1) is 0 Å². The zero-order valence-corrected chi connectivity index (χ0v) is 18.0. The molecule has 0 N–H and O–H groups in total. The summed E-state index contributed by atoms with van der Waals surface area (Å²) in [6.07, 6.45) is 2.44. The minimum absolute atomic E-state index is 0.0703. The van der Waals surface area contributed by atoms with E-state index >= 15 is 0 Å². The van der Waals surface area contributed by atoms with E-state index in [0.717, 1.165) is 36.0 Å². The van der Waals surface area contributed by atoms with Crippen LogP contribution in [0.25, 0.3) is 11.1 Å². The van der Waals surface area contributed by atoms with Crippen molar-refractivity contribution >= 4 is 17.6 Å². The molecule has 5 heteroatoms. The average molecular weight is 419 g/mol. The molecule has 0 radical (unpaired) electrons. The van der Waals surface area contributed by atoms with Gasteiger partial charge in [-0.1, -0.05) is 56.1 Å². The Morgan fingerprint density at radius 3 is 2.41 bits per heavy atom. The van der Waals surface area contributed by atoms with Gasteiger partial charge in [-0.05, 0) is 54.5 Å². The van der Waals surface area contributed by atoms with Gasteiger partial charge in [-0.2, -0.15) is 0 Å². The molecular formula is C24H28ClFO3. The molecule has 3 nitrogen and oxygen atoms in total. The summed E-state index contributed by atoms with van der Waals surface area (Å²) in [6, 6.07) is 11.9. The average Bonchev–Trinajstić information content (AvgIpc) is 2.66. The SMILES string of the molecule is CCOC(=O)C1(c2cc(Cl)c(OCCF)c(-c3ccc(C(C)C)cc3)c2)CCC1. The third kappa shape index (κ3) is 4.28. The lowest BCUT2D eigenvalue weighted by Gasteiger charge is -2.40. The third-order valence-electron chi connectivity index (χ3n) is 5.68. The molecule has 1 fully saturated rings. The molecule has 0 aliphatic heterocycles. The molecule has 0 unspecified atom stereocenters. The number of ether oxygens (including phenoxy) is 2. The fourth-order valence-corrected chi connectivity index (χ4v) is 4.10. The third-order valence-corrected chi connectivity index (χ3v) is 5.96. The van der Waals surface area contributed by atoms with Crippen LogP contribution in [0.4, 0.5) is 4.39 Å². The van der Waals surface area contributed by atoms with Crippen LogP contribution in [0.2, 0.25) is 5.02 Å². The summed E-state index contributed by atoms with van der Waals surface area (Å²) < 4.78 is 23.8. The van der Waals surface area contributed by atoms with Gasteiger partial charge in [0.1, 0.15) is 19.0 Å². The maximum Gasteiger partial charge on any atom is 0.316 e. The van der Waals surface area contributed by atoms with Gasteiger partial charge in [-0.25, -0.2) is 4.39 Å². The normalized spacial score (nSPS) is 15.1. The molecule has 1 saturated carbocycles. The summed E-state index contributed by atoms with van der Waals surface area (Å²) in [6.45, 7) is 5.77. The lowest BCUT2D eigenvalue weighted by atomic mass is 9.64. The standard InChI is InChI=1S/C24H28ClFO3/c1-4-28-23(27)24(10-5-11-24)19-14-20(22(21(25)15-19)29-13-12-26)18-8-6-17(7-9-18)16(2)3/h6-9,14-16H,4-5,10-13H2,1-3H3. The van der Waals surface area contributed by atoms with Crippen LogP contribution in [0.5, 0.6) is 5.75 Å². The number of hydrogen-bond donors (Lipinski definition) is 0. The van der Waals surface area contributed by atoms with E-state index in [1.165, 1.54) is 5.56 Å². The smallest absolute Gasteiger partial charge is 0.316 e. The van der Waals surface area contributed by atoms with Crippen LogP contribution in [-0.4, -0.2) is 25.9 Å². The van der Waals surface area contributed by atoms with E-state index in [-0.39, 0.29) is 12.6 Å². The second-order valence-corrected chi connectivity index (χ2v) is 8.21. The highest BCUT2D eigenvalue weighted by Gasteiger charge is 2.47. The quantitative estimate of drug-likeness (QED) is 0.461. The van der Waals surface area contributed by atoms with Gasteiger partial charge < -0.3 is 9.47 Å². The highest BCUT2D eigenvalue weighted by atomic mass is 35.5. The van der Waals surface area contributed by atoms with Crippen molar-refractivity contribution in [1.82, 2.24) is 0 Å². The zero-order chi connectivity index (χ0) is 21.0. The molecule has 2 aromatic carbocycles. The van der Waals surface area contributed by atoms with Gasteiger partial charge >= 0.3 is 5.97 Å². The Kier molecular flexibility index (Phi) is 6.84. The molecular weight excluding hydrogens is 391 g/mol. The zero-order valence-electron chi connectivity index (χ0n) is 17.3. The molecule has 0 saturated heterocycles. The van der Waals surface area contributed by atoms with Gasteiger partial charge in [-0.15, -0.1) is 0 Å². The number of carbonyl (C=O) groups is 1. The Morgan fingerprint density at radius 2 is 1.90 bits per heavy atom. The first-order valence-corrected chi connectivity index (χ1v) is 10.6. The van der Waals surface area contributed by atoms with Gasteiger partial charge in [0.05, 0.1) is 17.0 Å². The van der Waals surface area contributed by atoms with Crippen molar-refractivity contribution in [2.45, 2.75) is 51.4 Å². The Bertz CT molecular complexity index is 857. The lowest BCUT2D eigenvalue weighted by molar-refractivity contribution is -0.153. The largest absolute Gasteiger partial charge is 0.489 e. The maximum atomic E-state index is 12.8. The van der Waals surface area contributed by atoms with Crippen molar-refractivity contribution in [2.75, 3.05) is 19.9 Å². The number of rotatable bonds is 8. The molecule has 29 heavy (non-hydrogen) atoms. The van der Waals surface area contributed by atoms with E-state index in [9.17, 15) is 9.18 Å². The number of hydrogen-bond acceptors (Lipinski definition) is 3. The fourth-order valence-electron chi connectivity index (χ4n) is 3.83. The topological polar surface area (TPSA) is 35.5 Å². The summed E-state index contributed by atoms with van der Waals surface area (Å²) in [5.41, 5.74) is 3.09. The van der Waals surface area contributed by atoms with Crippen LogP contribution in [-0.2, 0) is 14.9 Å². The highest BCUT2D eigenvalue weighted by molar-refractivity contribution is 6.32. The van der Waals surface area contributed by atoms with Gasteiger partial charge in [0.2, 0.25) is 0 Å². The van der Waals surface area contributed by atoms with E-state index in [1.807, 2.05) is 25.1 Å². The number of benzene rings is 2. The highest BCUT2D eigenvalue weighted by Crippen LogP contribution is 2.49. The summed E-state index contributed by atoms with van der Waals surface area (Å²) in [4.78, 5) is 12.7. The van der Waals surface area contributed by atoms with Gasteiger partial charge in [-0.3, -0.25) is 4.79 Å². The van der Waals surface area contributed by atoms with Crippen LogP contribution in [0.3, 0.4) is 0 Å². The van der Waals surface area contributed by atoms with Crippen LogP contribution < -0.4 is 4.74 Å². The van der Waals surface area contributed by atoms with Crippen LogP contribution >= 0.6 is 11.6 Å². The van der Waals surface area contributed by atoms with Crippen molar-refractivity contribution in [3.8, 4) is 16.9 Å². The number of halogens is 2. The minimum atomic E-state index is -0.662. The van der Waals surface area contributed by atoms with Crippen LogP contribution in [0.1, 0.15) is 57.1 Å². The monoisotopic (exact) mass is 418 g/mol. The molecule has 1 aliphatic rings. The van der Waals surface area contributed by atoms with Crippen molar-refractivity contribution < 1.29 is 18.7 Å². The van der Waals surface area contributed by atoms with Crippen molar-refractivity contribution in [2.24, 2.45) is 0 Å². The predicted octanol–water partition coefficient (Wildman–Crippen LogP) is 6.46. The van der Waals surface area contributed by atoms with Crippen LogP contribution in [0.15, 0.2) is 36.4 Å². The first-order chi connectivity index (χ1) is 13.9. The molecule has 0 aromatic heterocycles. The van der Waals surface area contributed by atoms with E-state index < -0.39 is 12.1 Å². The van der Waals surface area contributed by atoms with Gasteiger partial charge in [0, 0.05) is 5.56 Å². The molecule has 0 heterocycles. The summed E-state index contributed by atoms with van der Waals surface area (Å²) in [7, 11) is 0. The Labute approximate surface area is 177 Å². The second-order valence-electron chi connectivity index (χ2n) is 7.81. The molecule has 2 aromatic rings. The first-order valence-electron chi connectivity index (χ1n) is 10.2. The van der Waals surface area contributed by atoms with E-state index in [4.69, 9.17) is 21.1 Å². The summed E-state index contributed by atoms with van der Waals surface area (Å²) in [5, 5.41) is 0.384. The minimum Gasteiger partial charge on any atom is -0.489 e. The number of carbonyl (C=O) groups excluding carboxylic acids is 1. The molecule has 0 amide bonds. The summed E-state index contributed by atoms with van der Waals surface area (Å²) in [5.74, 6) is 0.660. The number of alkyl halides is 1. The Balaban J connectivity index is 2.10. The molecule has 0 bridgehead atoms. The van der Waals surface area contributed by atoms with E-state index in [1.54, 1.807) is 6.07 Å². The lowest BCUT2D eigenvalue weighted by Crippen LogP contribution is -2.43. The van der Waals surface area contributed by atoms with Gasteiger partial charge in [0.25, 0.3) is 0 Å². The number of esters is 1. The summed E-state index contributed by atoms with van der Waals surface area (Å²) >= 11 is 6.57. The fraction of sp³-hybridized carbons (Fsp3) is 0.458. The predicted molar refractivity (Wildman–Crippen MR) is 115 cm³/mol. The molecule has 156 valence electrons. The van der Waals surface area contributed by atoms with Crippen molar-refractivity contribution in [3.63, 3.8) is 0 Å². The molecule has 3 rings (SSSR count). The van der Waals surface area contributed by atoms with Crippen molar-refractivity contribution in [1.29, 1.82) is 0 Å².